The molecule has 5 nitrogen and oxygen atoms in total. The number of aromatic nitrogens is 2. The molecule has 1 aromatic carbocycles. The third-order valence-corrected chi connectivity index (χ3v) is 2.48. The molecule has 6 heteroatoms. The molecule has 2 aromatic rings. The van der Waals surface area contributed by atoms with E-state index in [1.165, 1.54) is 24.4 Å². The number of carbonyl (C=O) groups is 1. The van der Waals surface area contributed by atoms with Gasteiger partial charge in [-0.3, -0.25) is 0 Å². The number of carboxylic acid groups (broad SMARTS) is 1. The summed E-state index contributed by atoms with van der Waals surface area (Å²) in [5, 5.41) is 11.7. The van der Waals surface area contributed by atoms with Crippen LogP contribution < -0.4 is 5.32 Å². The van der Waals surface area contributed by atoms with Crippen LogP contribution in [0.1, 0.15) is 16.1 Å². The maximum atomic E-state index is 12.7. The van der Waals surface area contributed by atoms with Gasteiger partial charge < -0.3 is 10.4 Å². The van der Waals surface area contributed by atoms with Gasteiger partial charge in [-0.1, -0.05) is 12.1 Å². The van der Waals surface area contributed by atoms with Gasteiger partial charge in [-0.2, -0.15) is 0 Å². The number of aromatic carboxylic acids is 1. The van der Waals surface area contributed by atoms with Crippen molar-refractivity contribution in [1.29, 1.82) is 0 Å². The summed E-state index contributed by atoms with van der Waals surface area (Å²) < 4.78 is 12.7. The van der Waals surface area contributed by atoms with Crippen LogP contribution in [0.15, 0.2) is 36.5 Å². The van der Waals surface area contributed by atoms with Crippen LogP contribution in [0.4, 0.5) is 10.3 Å². The van der Waals surface area contributed by atoms with E-state index in [-0.39, 0.29) is 17.5 Å². The minimum atomic E-state index is -1.09. The third-order valence-electron chi connectivity index (χ3n) is 2.48. The molecule has 0 saturated carbocycles. The minimum Gasteiger partial charge on any atom is -0.477 e. The average molecular weight is 261 g/mol. The lowest BCUT2D eigenvalue weighted by Gasteiger charge is -2.05. The number of halogens is 1. The van der Waals surface area contributed by atoms with Gasteiger partial charge in [0.15, 0.2) is 5.69 Å². The zero-order chi connectivity index (χ0) is 13.7. The van der Waals surface area contributed by atoms with Crippen LogP contribution in [0.25, 0.3) is 0 Å². The smallest absolute Gasteiger partial charge is 0.354 e. The molecule has 0 aliphatic carbocycles. The zero-order valence-electron chi connectivity index (χ0n) is 10.0. The Morgan fingerprint density at radius 3 is 2.68 bits per heavy atom. The van der Waals surface area contributed by atoms with Crippen molar-refractivity contribution in [3.8, 4) is 0 Å². The highest BCUT2D eigenvalue weighted by Gasteiger charge is 2.05. The monoisotopic (exact) mass is 261 g/mol. The number of nitrogens with zero attached hydrogens (tertiary/aromatic N) is 2. The molecule has 0 aliphatic heterocycles. The van der Waals surface area contributed by atoms with Gasteiger partial charge in [0, 0.05) is 12.7 Å². The van der Waals surface area contributed by atoms with Crippen LogP contribution in [0.3, 0.4) is 0 Å². The maximum Gasteiger partial charge on any atom is 0.354 e. The number of anilines is 1. The van der Waals surface area contributed by atoms with Crippen LogP contribution in [0, 0.1) is 5.82 Å². The Balaban J connectivity index is 1.90. The highest BCUT2D eigenvalue weighted by atomic mass is 19.1. The molecule has 0 unspecified atom stereocenters. The van der Waals surface area contributed by atoms with Crippen molar-refractivity contribution < 1.29 is 14.3 Å². The lowest BCUT2D eigenvalue weighted by molar-refractivity contribution is 0.0690. The summed E-state index contributed by atoms with van der Waals surface area (Å²) in [6.45, 7) is 0.536. The first-order chi connectivity index (χ1) is 9.15. The first kappa shape index (κ1) is 12.9. The first-order valence-corrected chi connectivity index (χ1v) is 5.70. The highest BCUT2D eigenvalue weighted by molar-refractivity contribution is 5.85. The summed E-state index contributed by atoms with van der Waals surface area (Å²) in [6.07, 6.45) is 2.05. The lowest BCUT2D eigenvalue weighted by atomic mass is 10.1. The molecule has 19 heavy (non-hydrogen) atoms. The molecule has 2 rings (SSSR count). The van der Waals surface area contributed by atoms with E-state index in [9.17, 15) is 9.18 Å². The summed E-state index contributed by atoms with van der Waals surface area (Å²) in [5.74, 6) is -1.10. The summed E-state index contributed by atoms with van der Waals surface area (Å²) in [6, 6.07) is 7.53. The quantitative estimate of drug-likeness (QED) is 0.860. The van der Waals surface area contributed by atoms with E-state index < -0.39 is 5.97 Å². The summed E-state index contributed by atoms with van der Waals surface area (Å²) in [7, 11) is 0. The SMILES string of the molecule is O=C(O)c1ccnc(NCCc2ccc(F)cc2)n1. The van der Waals surface area contributed by atoms with Gasteiger partial charge in [-0.05, 0) is 30.2 Å². The molecule has 1 heterocycles. The number of hydrogen-bond donors (Lipinski definition) is 2. The molecule has 0 aliphatic rings. The molecule has 0 bridgehead atoms. The molecule has 0 spiro atoms. The standard InChI is InChI=1S/C13H12FN3O2/c14-10-3-1-9(2-4-10)5-7-15-13-16-8-6-11(17-13)12(18)19/h1-4,6,8H,5,7H2,(H,18,19)(H,15,16,17). The molecule has 0 radical (unpaired) electrons. The fourth-order valence-electron chi connectivity index (χ4n) is 1.53. The fourth-order valence-corrected chi connectivity index (χ4v) is 1.53. The van der Waals surface area contributed by atoms with E-state index in [2.05, 4.69) is 15.3 Å². The van der Waals surface area contributed by atoms with Gasteiger partial charge in [0.05, 0.1) is 0 Å². The Bertz CT molecular complexity index is 572. The Hall–Kier alpha value is -2.50. The van der Waals surface area contributed by atoms with Gasteiger partial charge in [-0.15, -0.1) is 0 Å². The van der Waals surface area contributed by atoms with Crippen LogP contribution in [0.2, 0.25) is 0 Å². The van der Waals surface area contributed by atoms with E-state index in [1.54, 1.807) is 12.1 Å². The predicted molar refractivity (Wildman–Crippen MR) is 67.6 cm³/mol. The predicted octanol–water partition coefficient (Wildman–Crippen LogP) is 1.97. The topological polar surface area (TPSA) is 75.1 Å². The highest BCUT2D eigenvalue weighted by Crippen LogP contribution is 2.05. The second kappa shape index (κ2) is 5.90. The van der Waals surface area contributed by atoms with Gasteiger partial charge >= 0.3 is 5.97 Å². The fraction of sp³-hybridized carbons (Fsp3) is 0.154. The van der Waals surface area contributed by atoms with Crippen molar-refractivity contribution in [3.63, 3.8) is 0 Å². The molecule has 0 fully saturated rings. The molecule has 0 amide bonds. The van der Waals surface area contributed by atoms with Gasteiger partial charge in [-0.25, -0.2) is 19.2 Å². The third kappa shape index (κ3) is 3.74. The summed E-state index contributed by atoms with van der Waals surface area (Å²) in [4.78, 5) is 18.5. The van der Waals surface area contributed by atoms with Crippen molar-refractivity contribution in [2.75, 3.05) is 11.9 Å². The number of nitrogens with one attached hydrogen (secondary N) is 1. The summed E-state index contributed by atoms with van der Waals surface area (Å²) >= 11 is 0. The Morgan fingerprint density at radius 2 is 2.00 bits per heavy atom. The maximum absolute atomic E-state index is 12.7. The van der Waals surface area contributed by atoms with Crippen LogP contribution in [0.5, 0.6) is 0 Å². The molecule has 0 atom stereocenters. The van der Waals surface area contributed by atoms with Crippen molar-refractivity contribution in [2.24, 2.45) is 0 Å². The van der Waals surface area contributed by atoms with Crippen LogP contribution in [-0.2, 0) is 6.42 Å². The van der Waals surface area contributed by atoms with Gasteiger partial charge in [0.1, 0.15) is 5.82 Å². The Kier molecular flexibility index (Phi) is 4.02. The van der Waals surface area contributed by atoms with Crippen LogP contribution in [-0.4, -0.2) is 27.6 Å². The van der Waals surface area contributed by atoms with E-state index >= 15 is 0 Å². The molecular weight excluding hydrogens is 249 g/mol. The van der Waals surface area contributed by atoms with E-state index in [0.717, 1.165) is 5.56 Å². The van der Waals surface area contributed by atoms with E-state index in [1.807, 2.05) is 0 Å². The number of benzene rings is 1. The normalized spacial score (nSPS) is 10.2. The largest absolute Gasteiger partial charge is 0.477 e. The zero-order valence-corrected chi connectivity index (χ0v) is 10.0. The second-order valence-electron chi connectivity index (χ2n) is 3.87. The van der Waals surface area contributed by atoms with Gasteiger partial charge in [0.2, 0.25) is 5.95 Å². The number of carboxylic acids is 1. The van der Waals surface area contributed by atoms with Gasteiger partial charge in [0.25, 0.3) is 0 Å². The van der Waals surface area contributed by atoms with Crippen molar-refractivity contribution in [2.45, 2.75) is 6.42 Å². The Morgan fingerprint density at radius 1 is 1.26 bits per heavy atom. The van der Waals surface area contributed by atoms with E-state index in [0.29, 0.717) is 13.0 Å². The van der Waals surface area contributed by atoms with Crippen molar-refractivity contribution in [3.05, 3.63) is 53.6 Å². The van der Waals surface area contributed by atoms with Crippen molar-refractivity contribution >= 4 is 11.9 Å². The number of hydrogen-bond acceptors (Lipinski definition) is 4. The molecule has 2 N–H and O–H groups in total. The van der Waals surface area contributed by atoms with E-state index in [4.69, 9.17) is 5.11 Å². The second-order valence-corrected chi connectivity index (χ2v) is 3.87. The molecule has 0 saturated heterocycles. The first-order valence-electron chi connectivity index (χ1n) is 5.70. The average Bonchev–Trinajstić information content (AvgIpc) is 2.41. The Labute approximate surface area is 109 Å². The molecular formula is C13H12FN3O2. The number of rotatable bonds is 5. The lowest BCUT2D eigenvalue weighted by Crippen LogP contribution is -2.10. The molecule has 1 aromatic heterocycles. The summed E-state index contributed by atoms with van der Waals surface area (Å²) in [5.41, 5.74) is 0.919. The minimum absolute atomic E-state index is 0.0562. The van der Waals surface area contributed by atoms with Crippen LogP contribution >= 0.6 is 0 Å². The molecule has 98 valence electrons. The van der Waals surface area contributed by atoms with Crippen molar-refractivity contribution in [1.82, 2.24) is 9.97 Å².